The van der Waals surface area contributed by atoms with E-state index in [9.17, 15) is 23.7 Å². The molecule has 228 valence electrons. The number of unbranched alkanes of at least 4 members (excludes halogenated alkanes) is 18. The van der Waals surface area contributed by atoms with Crippen molar-refractivity contribution < 1.29 is 37.5 Å². The Bertz CT molecular complexity index is 613. The summed E-state index contributed by atoms with van der Waals surface area (Å²) in [6, 6.07) is 0. The average Bonchev–Trinajstić information content (AvgIpc) is 2.85. The largest absolute Gasteiger partial charge is 0.465 e. The van der Waals surface area contributed by atoms with E-state index in [1.165, 1.54) is 84.0 Å². The Morgan fingerprint density at radius 3 is 1.13 bits per heavy atom. The molecule has 8 nitrogen and oxygen atoms in total. The van der Waals surface area contributed by atoms with Crippen LogP contribution in [0, 0.1) is 0 Å². The van der Waals surface area contributed by atoms with Gasteiger partial charge in [-0.2, -0.15) is 0 Å². The minimum Gasteiger partial charge on any atom is -0.465 e. The predicted octanol–water partition coefficient (Wildman–Crippen LogP) is 9.12. The van der Waals surface area contributed by atoms with Gasteiger partial charge in [-0.05, 0) is 19.8 Å². The molecule has 0 bridgehead atoms. The third-order valence-corrected chi connectivity index (χ3v) is 11.2. The third-order valence-electron chi connectivity index (χ3n) is 6.66. The molecule has 0 heterocycles. The first-order valence-corrected chi connectivity index (χ1v) is 18.6. The Kier molecular flexibility index (Phi) is 24.4. The average molecular weight is 585 g/mol. The van der Waals surface area contributed by atoms with Crippen molar-refractivity contribution in [3.8, 4) is 0 Å². The molecule has 0 aromatic carbocycles. The zero-order valence-electron chi connectivity index (χ0n) is 24.6. The summed E-state index contributed by atoms with van der Waals surface area (Å²) in [5.74, 6) is -1.24. The maximum absolute atomic E-state index is 12.9. The number of carbonyl (C=O) groups excluding carboxylic acids is 1. The van der Waals surface area contributed by atoms with Gasteiger partial charge in [0.2, 0.25) is 0 Å². The summed E-state index contributed by atoms with van der Waals surface area (Å²) in [5, 5.41) is -2.25. The monoisotopic (exact) mass is 584 g/mol. The quantitative estimate of drug-likeness (QED) is 0.0531. The van der Waals surface area contributed by atoms with Crippen LogP contribution in [-0.4, -0.2) is 41.0 Å². The lowest BCUT2D eigenvalue weighted by Gasteiger charge is -2.24. The normalized spacial score (nSPS) is 15.6. The van der Waals surface area contributed by atoms with Gasteiger partial charge in [-0.3, -0.25) is 13.9 Å². The van der Waals surface area contributed by atoms with E-state index in [1.54, 1.807) is 0 Å². The molecule has 2 N–H and O–H groups in total. The summed E-state index contributed by atoms with van der Waals surface area (Å²) in [7, 11) is -9.56. The van der Waals surface area contributed by atoms with Gasteiger partial charge in [-0.25, -0.2) is 0 Å². The first-order chi connectivity index (χ1) is 18.2. The second kappa shape index (κ2) is 24.6. The van der Waals surface area contributed by atoms with Crippen molar-refractivity contribution in [1.82, 2.24) is 0 Å². The molecule has 0 radical (unpaired) electrons. The molecule has 2 atom stereocenters. The molecule has 0 aliphatic carbocycles. The summed E-state index contributed by atoms with van der Waals surface area (Å²) in [6.45, 7) is 5.69. The van der Waals surface area contributed by atoms with E-state index < -0.39 is 26.6 Å². The Morgan fingerprint density at radius 2 is 0.842 bits per heavy atom. The molecular formula is C28H58O8P2. The van der Waals surface area contributed by atoms with E-state index in [0.717, 1.165) is 38.5 Å². The fraction of sp³-hybridized carbons (Fsp3) is 0.964. The van der Waals surface area contributed by atoms with Crippen molar-refractivity contribution >= 4 is 21.2 Å². The van der Waals surface area contributed by atoms with E-state index in [2.05, 4.69) is 13.8 Å². The highest BCUT2D eigenvalue weighted by Gasteiger charge is 2.53. The van der Waals surface area contributed by atoms with Crippen LogP contribution in [0.1, 0.15) is 149 Å². The minimum absolute atomic E-state index is 0.0708. The standard InChI is InChI=1S/C28H58O8P2/c1-4-7-9-11-13-15-17-19-21-23-25-35-37(30,31)28(27(29)34-6-3)38(32,33)36-26-24-22-20-18-16-14-12-10-8-5-2/h28H,4-26H2,1-3H3,(H,30,31)(H,32,33). The van der Waals surface area contributed by atoms with E-state index in [4.69, 9.17) is 13.8 Å². The summed E-state index contributed by atoms with van der Waals surface area (Å²) in [6.07, 6.45) is 21.9. The number of ether oxygens (including phenoxy) is 1. The van der Waals surface area contributed by atoms with Gasteiger partial charge in [0.05, 0.1) is 19.8 Å². The number of rotatable bonds is 28. The van der Waals surface area contributed by atoms with Gasteiger partial charge in [-0.15, -0.1) is 0 Å². The molecule has 0 aromatic heterocycles. The van der Waals surface area contributed by atoms with Crippen molar-refractivity contribution in [3.05, 3.63) is 0 Å². The number of esters is 1. The van der Waals surface area contributed by atoms with Crippen molar-refractivity contribution in [3.63, 3.8) is 0 Å². The van der Waals surface area contributed by atoms with Gasteiger partial charge in [0, 0.05) is 0 Å². The topological polar surface area (TPSA) is 119 Å². The molecular weight excluding hydrogens is 526 g/mol. The van der Waals surface area contributed by atoms with Gasteiger partial charge >= 0.3 is 21.2 Å². The van der Waals surface area contributed by atoms with Crippen LogP contribution in [0.15, 0.2) is 0 Å². The van der Waals surface area contributed by atoms with E-state index >= 15 is 0 Å². The molecule has 0 fully saturated rings. The van der Waals surface area contributed by atoms with Crippen LogP contribution in [0.4, 0.5) is 0 Å². The van der Waals surface area contributed by atoms with Gasteiger partial charge in [0.1, 0.15) is 0 Å². The van der Waals surface area contributed by atoms with Crippen LogP contribution < -0.4 is 0 Å². The fourth-order valence-corrected chi connectivity index (χ4v) is 8.00. The van der Waals surface area contributed by atoms with Crippen LogP contribution in [0.25, 0.3) is 0 Å². The Morgan fingerprint density at radius 1 is 0.553 bits per heavy atom. The summed E-state index contributed by atoms with van der Waals surface area (Å²) < 4.78 is 40.8. The lowest BCUT2D eigenvalue weighted by atomic mass is 10.1. The fourth-order valence-electron chi connectivity index (χ4n) is 4.38. The molecule has 0 saturated heterocycles. The Hall–Kier alpha value is -0.230. The third kappa shape index (κ3) is 19.8. The van der Waals surface area contributed by atoms with Crippen LogP contribution in [0.5, 0.6) is 0 Å². The first kappa shape index (κ1) is 37.8. The second-order valence-corrected chi connectivity index (χ2v) is 14.5. The van der Waals surface area contributed by atoms with E-state index in [-0.39, 0.29) is 19.8 Å². The lowest BCUT2D eigenvalue weighted by Crippen LogP contribution is -2.26. The Balaban J connectivity index is 4.40. The maximum Gasteiger partial charge on any atom is 0.354 e. The smallest absolute Gasteiger partial charge is 0.354 e. The molecule has 0 saturated carbocycles. The zero-order chi connectivity index (χ0) is 28.5. The predicted molar refractivity (Wildman–Crippen MR) is 156 cm³/mol. The molecule has 0 amide bonds. The van der Waals surface area contributed by atoms with Gasteiger partial charge < -0.3 is 23.6 Å². The van der Waals surface area contributed by atoms with Gasteiger partial charge in [0.15, 0.2) is 0 Å². The number of carbonyl (C=O) groups is 1. The van der Waals surface area contributed by atoms with Crippen molar-refractivity contribution in [2.24, 2.45) is 0 Å². The van der Waals surface area contributed by atoms with Crippen molar-refractivity contribution in [2.75, 3.05) is 19.8 Å². The zero-order valence-corrected chi connectivity index (χ0v) is 26.4. The van der Waals surface area contributed by atoms with Crippen LogP contribution >= 0.6 is 15.2 Å². The molecule has 0 aliphatic rings. The van der Waals surface area contributed by atoms with Crippen molar-refractivity contribution in [1.29, 1.82) is 0 Å². The highest BCUT2D eigenvalue weighted by Crippen LogP contribution is 2.65. The Labute approximate surface area is 233 Å². The molecule has 0 spiro atoms. The summed E-state index contributed by atoms with van der Waals surface area (Å²) in [4.78, 5) is 33.3. The molecule has 2 unspecified atom stereocenters. The van der Waals surface area contributed by atoms with Crippen LogP contribution in [0.3, 0.4) is 0 Å². The minimum atomic E-state index is -4.78. The molecule has 38 heavy (non-hydrogen) atoms. The SMILES string of the molecule is CCCCCCCCCCCCOP(=O)(O)C(C(=O)OCC)P(=O)(O)OCCCCCCCCCCCC. The highest BCUT2D eigenvalue weighted by molar-refractivity contribution is 7.73. The highest BCUT2D eigenvalue weighted by atomic mass is 31.2. The van der Waals surface area contributed by atoms with Gasteiger partial charge in [0.25, 0.3) is 5.40 Å². The van der Waals surface area contributed by atoms with E-state index in [0.29, 0.717) is 12.8 Å². The summed E-state index contributed by atoms with van der Waals surface area (Å²) >= 11 is 0. The molecule has 0 rings (SSSR count). The van der Waals surface area contributed by atoms with Crippen LogP contribution in [-0.2, 0) is 27.7 Å². The summed E-state index contributed by atoms with van der Waals surface area (Å²) in [5.41, 5.74) is 0. The first-order valence-electron chi connectivity index (χ1n) is 15.3. The maximum atomic E-state index is 12.9. The second-order valence-electron chi connectivity index (χ2n) is 10.3. The lowest BCUT2D eigenvalue weighted by molar-refractivity contribution is -0.141. The van der Waals surface area contributed by atoms with Crippen molar-refractivity contribution in [2.45, 2.75) is 155 Å². The van der Waals surface area contributed by atoms with E-state index in [1.807, 2.05) is 0 Å². The van der Waals surface area contributed by atoms with Gasteiger partial charge in [-0.1, -0.05) is 129 Å². The molecule has 10 heteroatoms. The van der Waals surface area contributed by atoms with Crippen LogP contribution in [0.2, 0.25) is 0 Å². The number of hydrogen-bond donors (Lipinski definition) is 2. The molecule has 0 aliphatic heterocycles. The number of hydrogen-bond acceptors (Lipinski definition) is 6. The molecule has 0 aromatic rings.